The minimum absolute atomic E-state index is 0. The van der Waals surface area contributed by atoms with E-state index < -0.39 is 28.8 Å². The summed E-state index contributed by atoms with van der Waals surface area (Å²) in [5, 5.41) is 16.0. The van der Waals surface area contributed by atoms with E-state index in [1.807, 2.05) is 13.8 Å². The number of amides is 2. The van der Waals surface area contributed by atoms with E-state index in [-0.39, 0.29) is 24.0 Å². The Labute approximate surface area is 164 Å². The van der Waals surface area contributed by atoms with Crippen molar-refractivity contribution in [2.24, 2.45) is 17.4 Å². The van der Waals surface area contributed by atoms with Crippen LogP contribution in [0.5, 0.6) is 0 Å². The van der Waals surface area contributed by atoms with Crippen LogP contribution < -0.4 is 22.1 Å². The van der Waals surface area contributed by atoms with E-state index in [1.165, 1.54) is 24.3 Å². The zero-order valence-electron chi connectivity index (χ0n) is 15.5. The first-order valence-corrected chi connectivity index (χ1v) is 8.57. The molecule has 2 amide bonds. The Hall–Kier alpha value is -2.23. The van der Waals surface area contributed by atoms with Gasteiger partial charge in [0.1, 0.15) is 6.04 Å². The summed E-state index contributed by atoms with van der Waals surface area (Å²) >= 11 is 0. The fraction of sp³-hybridized carbons (Fsp3) is 0.529. The molecule has 0 bridgehead atoms. The van der Waals surface area contributed by atoms with Crippen molar-refractivity contribution in [3.8, 4) is 0 Å². The first-order chi connectivity index (χ1) is 12.3. The van der Waals surface area contributed by atoms with Crippen LogP contribution in [0.15, 0.2) is 24.3 Å². The molecule has 6 N–H and O–H groups in total. The number of non-ortho nitro benzene ring substituents is 1. The Morgan fingerprint density at radius 3 is 2.22 bits per heavy atom. The number of anilines is 1. The quantitative estimate of drug-likeness (QED) is 0.265. The number of nitro groups is 1. The summed E-state index contributed by atoms with van der Waals surface area (Å²) in [7, 11) is 0. The molecule has 27 heavy (non-hydrogen) atoms. The van der Waals surface area contributed by atoms with Gasteiger partial charge in [0.2, 0.25) is 11.8 Å². The average Bonchev–Trinajstić information content (AvgIpc) is 2.60. The van der Waals surface area contributed by atoms with Crippen molar-refractivity contribution < 1.29 is 14.5 Å². The van der Waals surface area contributed by atoms with E-state index in [0.717, 1.165) is 6.42 Å². The standard InChI is InChI=1S/C17H27N5O4.ClH/c1-11(2)15(19)17(24)21-14(5-3-4-10-18)16(23)20-12-6-8-13(9-7-12)22(25)26;/h6-9,11,14-15H,3-5,10,18-19H2,1-2H3,(H,20,23)(H,21,24);1H/t14-,15+;/m0./s1. The van der Waals surface area contributed by atoms with E-state index in [0.29, 0.717) is 25.1 Å². The molecule has 10 heteroatoms. The lowest BCUT2D eigenvalue weighted by molar-refractivity contribution is -0.384. The largest absolute Gasteiger partial charge is 0.343 e. The lowest BCUT2D eigenvalue weighted by Crippen LogP contribution is -2.51. The minimum Gasteiger partial charge on any atom is -0.343 e. The summed E-state index contributed by atoms with van der Waals surface area (Å²) < 4.78 is 0. The van der Waals surface area contributed by atoms with E-state index in [2.05, 4.69) is 10.6 Å². The number of hydrogen-bond acceptors (Lipinski definition) is 6. The van der Waals surface area contributed by atoms with Crippen molar-refractivity contribution in [1.82, 2.24) is 5.32 Å². The number of unbranched alkanes of at least 4 members (excludes halogenated alkanes) is 1. The topological polar surface area (TPSA) is 153 Å². The fourth-order valence-electron chi connectivity index (χ4n) is 2.23. The normalized spacial score (nSPS) is 12.6. The highest BCUT2D eigenvalue weighted by atomic mass is 35.5. The number of nitrogens with two attached hydrogens (primary N) is 2. The van der Waals surface area contributed by atoms with Crippen LogP contribution in [0.1, 0.15) is 33.1 Å². The van der Waals surface area contributed by atoms with Crippen molar-refractivity contribution in [1.29, 1.82) is 0 Å². The van der Waals surface area contributed by atoms with Gasteiger partial charge in [-0.15, -0.1) is 12.4 Å². The number of hydrogen-bond donors (Lipinski definition) is 4. The second kappa shape index (κ2) is 12.2. The van der Waals surface area contributed by atoms with Gasteiger partial charge in [0.05, 0.1) is 11.0 Å². The highest BCUT2D eigenvalue weighted by Crippen LogP contribution is 2.16. The molecule has 0 saturated carbocycles. The summed E-state index contributed by atoms with van der Waals surface area (Å²) in [6.45, 7) is 4.14. The monoisotopic (exact) mass is 401 g/mol. The lowest BCUT2D eigenvalue weighted by Gasteiger charge is -2.22. The molecule has 9 nitrogen and oxygen atoms in total. The van der Waals surface area contributed by atoms with Crippen molar-refractivity contribution in [2.75, 3.05) is 11.9 Å². The summed E-state index contributed by atoms with van der Waals surface area (Å²) in [6, 6.07) is 4.01. The molecule has 0 aliphatic rings. The van der Waals surface area contributed by atoms with Gasteiger partial charge in [-0.1, -0.05) is 13.8 Å². The third-order valence-electron chi connectivity index (χ3n) is 3.95. The summed E-state index contributed by atoms with van der Waals surface area (Å²) in [5.74, 6) is -0.853. The number of carbonyl (C=O) groups excluding carboxylic acids is 2. The second-order valence-corrected chi connectivity index (χ2v) is 6.41. The van der Waals surface area contributed by atoms with Crippen molar-refractivity contribution >= 4 is 35.6 Å². The zero-order valence-corrected chi connectivity index (χ0v) is 16.3. The predicted octanol–water partition coefficient (Wildman–Crippen LogP) is 1.55. The van der Waals surface area contributed by atoms with Crippen LogP contribution in [0.25, 0.3) is 0 Å². The Morgan fingerprint density at radius 2 is 1.74 bits per heavy atom. The van der Waals surface area contributed by atoms with E-state index in [9.17, 15) is 19.7 Å². The molecule has 0 aliphatic carbocycles. The van der Waals surface area contributed by atoms with Gasteiger partial charge in [-0.2, -0.15) is 0 Å². The Bertz CT molecular complexity index is 624. The molecule has 0 saturated heterocycles. The number of rotatable bonds is 10. The van der Waals surface area contributed by atoms with Gasteiger partial charge < -0.3 is 22.1 Å². The minimum atomic E-state index is -0.756. The first kappa shape index (κ1) is 24.8. The Kier molecular flexibility index (Phi) is 11.2. The average molecular weight is 402 g/mol. The van der Waals surface area contributed by atoms with Crippen molar-refractivity contribution in [3.05, 3.63) is 34.4 Å². The summed E-state index contributed by atoms with van der Waals surface area (Å²) in [6.07, 6.45) is 1.83. The second-order valence-electron chi connectivity index (χ2n) is 6.41. The fourth-order valence-corrected chi connectivity index (χ4v) is 2.23. The van der Waals surface area contributed by atoms with Crippen LogP contribution in [0.4, 0.5) is 11.4 Å². The summed E-state index contributed by atoms with van der Waals surface area (Å²) in [5.41, 5.74) is 11.7. The molecule has 1 aromatic carbocycles. The zero-order chi connectivity index (χ0) is 19.7. The highest BCUT2D eigenvalue weighted by molar-refractivity contribution is 5.97. The molecule has 0 fully saturated rings. The molecule has 0 unspecified atom stereocenters. The molecule has 0 aliphatic heterocycles. The van der Waals surface area contributed by atoms with Gasteiger partial charge in [0.25, 0.3) is 5.69 Å². The lowest BCUT2D eigenvalue weighted by atomic mass is 10.0. The van der Waals surface area contributed by atoms with Gasteiger partial charge >= 0.3 is 0 Å². The molecule has 152 valence electrons. The summed E-state index contributed by atoms with van der Waals surface area (Å²) in [4.78, 5) is 34.9. The maximum Gasteiger partial charge on any atom is 0.269 e. The third kappa shape index (κ3) is 8.33. The van der Waals surface area contributed by atoms with Crippen LogP contribution >= 0.6 is 12.4 Å². The number of nitrogens with one attached hydrogen (secondary N) is 2. The van der Waals surface area contributed by atoms with Gasteiger partial charge in [-0.3, -0.25) is 19.7 Å². The third-order valence-corrected chi connectivity index (χ3v) is 3.95. The number of nitrogens with zero attached hydrogens (tertiary/aromatic N) is 1. The van der Waals surface area contributed by atoms with Gasteiger partial charge in [0.15, 0.2) is 0 Å². The maximum absolute atomic E-state index is 12.5. The molecular formula is C17H28ClN5O4. The highest BCUT2D eigenvalue weighted by Gasteiger charge is 2.25. The van der Waals surface area contributed by atoms with Gasteiger partial charge in [-0.05, 0) is 43.9 Å². The molecule has 0 aromatic heterocycles. The van der Waals surface area contributed by atoms with Gasteiger partial charge in [0, 0.05) is 17.8 Å². The molecule has 0 spiro atoms. The van der Waals surface area contributed by atoms with E-state index in [4.69, 9.17) is 11.5 Å². The van der Waals surface area contributed by atoms with Crippen LogP contribution in [-0.2, 0) is 9.59 Å². The van der Waals surface area contributed by atoms with E-state index in [1.54, 1.807) is 0 Å². The molecule has 1 aromatic rings. The SMILES string of the molecule is CC(C)[C@@H](N)C(=O)N[C@@H](CCCCN)C(=O)Nc1ccc([N+](=O)[O-])cc1.Cl. The molecule has 0 radical (unpaired) electrons. The van der Waals surface area contributed by atoms with Crippen molar-refractivity contribution in [2.45, 2.75) is 45.2 Å². The Morgan fingerprint density at radius 1 is 1.15 bits per heavy atom. The Balaban J connectivity index is 0.00000676. The maximum atomic E-state index is 12.5. The number of benzene rings is 1. The first-order valence-electron chi connectivity index (χ1n) is 8.57. The molecular weight excluding hydrogens is 374 g/mol. The molecule has 0 heterocycles. The van der Waals surface area contributed by atoms with Crippen molar-refractivity contribution in [3.63, 3.8) is 0 Å². The molecule has 2 atom stereocenters. The van der Waals surface area contributed by atoms with Crippen LogP contribution in [0.3, 0.4) is 0 Å². The van der Waals surface area contributed by atoms with Crippen LogP contribution in [0, 0.1) is 16.0 Å². The smallest absolute Gasteiger partial charge is 0.269 e. The van der Waals surface area contributed by atoms with E-state index >= 15 is 0 Å². The molecule has 1 rings (SSSR count). The number of nitro benzene ring substituents is 1. The van der Waals surface area contributed by atoms with Crippen LogP contribution in [0.2, 0.25) is 0 Å². The predicted molar refractivity (Wildman–Crippen MR) is 107 cm³/mol. The van der Waals surface area contributed by atoms with Gasteiger partial charge in [-0.25, -0.2) is 0 Å². The number of carbonyl (C=O) groups is 2. The van der Waals surface area contributed by atoms with Crippen LogP contribution in [-0.4, -0.2) is 35.4 Å². The number of halogens is 1.